The van der Waals surface area contributed by atoms with Gasteiger partial charge in [0, 0.05) is 13.6 Å². The van der Waals surface area contributed by atoms with Crippen LogP contribution in [0.15, 0.2) is 6.07 Å². The first-order chi connectivity index (χ1) is 7.29. The highest BCUT2D eigenvalue weighted by molar-refractivity contribution is 7.99. The summed E-state index contributed by atoms with van der Waals surface area (Å²) in [4.78, 5) is 0. The van der Waals surface area contributed by atoms with E-state index in [1.54, 1.807) is 0 Å². The highest BCUT2D eigenvalue weighted by atomic mass is 32.2. The normalized spacial score (nSPS) is 21.9. The molecule has 1 aromatic rings. The lowest BCUT2D eigenvalue weighted by atomic mass is 9.99. The van der Waals surface area contributed by atoms with Gasteiger partial charge in [-0.2, -0.15) is 16.9 Å². The Morgan fingerprint density at radius 2 is 2.53 bits per heavy atom. The molecule has 0 aromatic carbocycles. The molecule has 4 heteroatoms. The van der Waals surface area contributed by atoms with E-state index in [2.05, 4.69) is 22.9 Å². The molecule has 2 N–H and O–H groups in total. The van der Waals surface area contributed by atoms with E-state index in [1.165, 1.54) is 30.0 Å². The van der Waals surface area contributed by atoms with Gasteiger partial charge in [0.25, 0.3) is 0 Å². The molecule has 0 bridgehead atoms. The van der Waals surface area contributed by atoms with Crippen molar-refractivity contribution in [3.8, 4) is 0 Å². The predicted octanol–water partition coefficient (Wildman–Crippen LogP) is 1.56. The molecule has 84 valence electrons. The molecule has 1 unspecified atom stereocenters. The fraction of sp³-hybridized carbons (Fsp3) is 0.727. The minimum atomic E-state index is 0.586. The number of aromatic nitrogens is 2. The molecule has 2 rings (SSSR count). The first kappa shape index (κ1) is 11.0. The topological polar surface area (TPSA) is 43.8 Å². The van der Waals surface area contributed by atoms with Crippen LogP contribution in [-0.2, 0) is 20.0 Å². The van der Waals surface area contributed by atoms with Gasteiger partial charge in [0.1, 0.15) is 0 Å². The summed E-state index contributed by atoms with van der Waals surface area (Å²) in [6, 6.07) is 2.15. The lowest BCUT2D eigenvalue weighted by Gasteiger charge is -2.19. The van der Waals surface area contributed by atoms with Gasteiger partial charge in [-0.05, 0) is 42.8 Å². The fourth-order valence-corrected chi connectivity index (χ4v) is 3.28. The third-order valence-electron chi connectivity index (χ3n) is 2.99. The molecule has 1 aliphatic heterocycles. The zero-order chi connectivity index (χ0) is 10.7. The number of rotatable bonds is 3. The quantitative estimate of drug-likeness (QED) is 0.849. The van der Waals surface area contributed by atoms with Crippen LogP contribution in [0.4, 0.5) is 0 Å². The van der Waals surface area contributed by atoms with Crippen LogP contribution in [0.3, 0.4) is 0 Å². The van der Waals surface area contributed by atoms with Crippen LogP contribution in [0.25, 0.3) is 0 Å². The lowest BCUT2D eigenvalue weighted by molar-refractivity contribution is 0.511. The van der Waals surface area contributed by atoms with E-state index in [0.29, 0.717) is 6.54 Å². The standard InChI is InChI=1S/C11H19N3S/c1-14-11(7-12)6-10(13-14)5-9-3-2-4-15-8-9/h6,9H,2-5,7-8,12H2,1H3. The first-order valence-electron chi connectivity index (χ1n) is 5.59. The van der Waals surface area contributed by atoms with Crippen molar-refractivity contribution in [2.45, 2.75) is 25.8 Å². The molecule has 1 atom stereocenters. The summed E-state index contributed by atoms with van der Waals surface area (Å²) in [5, 5.41) is 4.50. The maximum atomic E-state index is 5.63. The Hall–Kier alpha value is -0.480. The van der Waals surface area contributed by atoms with Gasteiger partial charge < -0.3 is 5.73 Å². The molecule has 1 saturated heterocycles. The second-order valence-corrected chi connectivity index (χ2v) is 5.39. The number of hydrogen-bond acceptors (Lipinski definition) is 3. The zero-order valence-corrected chi connectivity index (χ0v) is 10.1. The first-order valence-corrected chi connectivity index (χ1v) is 6.74. The van der Waals surface area contributed by atoms with Crippen molar-refractivity contribution in [1.29, 1.82) is 0 Å². The van der Waals surface area contributed by atoms with E-state index in [-0.39, 0.29) is 0 Å². The molecular formula is C11H19N3S. The molecule has 0 amide bonds. The predicted molar refractivity (Wildman–Crippen MR) is 64.9 cm³/mol. The minimum absolute atomic E-state index is 0.586. The lowest BCUT2D eigenvalue weighted by Crippen LogP contribution is -2.13. The number of thioether (sulfide) groups is 1. The van der Waals surface area contributed by atoms with E-state index in [1.807, 2.05) is 11.7 Å². The summed E-state index contributed by atoms with van der Waals surface area (Å²) in [7, 11) is 1.97. The molecule has 0 aliphatic carbocycles. The van der Waals surface area contributed by atoms with Crippen LogP contribution in [0, 0.1) is 5.92 Å². The SMILES string of the molecule is Cn1nc(CC2CCCSC2)cc1CN. The number of aryl methyl sites for hydroxylation is 1. The van der Waals surface area contributed by atoms with Gasteiger partial charge in [-0.15, -0.1) is 0 Å². The zero-order valence-electron chi connectivity index (χ0n) is 9.28. The Labute approximate surface area is 95.4 Å². The minimum Gasteiger partial charge on any atom is -0.325 e. The van der Waals surface area contributed by atoms with Gasteiger partial charge in [-0.3, -0.25) is 4.68 Å². The van der Waals surface area contributed by atoms with Crippen LogP contribution in [0.5, 0.6) is 0 Å². The van der Waals surface area contributed by atoms with E-state index in [0.717, 1.165) is 18.0 Å². The van der Waals surface area contributed by atoms with Crippen LogP contribution in [0.1, 0.15) is 24.2 Å². The average molecular weight is 225 g/mol. The van der Waals surface area contributed by atoms with Crippen molar-refractivity contribution in [3.63, 3.8) is 0 Å². The van der Waals surface area contributed by atoms with E-state index < -0.39 is 0 Å². The van der Waals surface area contributed by atoms with Gasteiger partial charge in [0.2, 0.25) is 0 Å². The molecule has 0 spiro atoms. The summed E-state index contributed by atoms with van der Waals surface area (Å²) in [5.41, 5.74) is 7.98. The monoisotopic (exact) mass is 225 g/mol. The third kappa shape index (κ3) is 2.75. The van der Waals surface area contributed by atoms with Gasteiger partial charge in [0.15, 0.2) is 0 Å². The number of hydrogen-bond donors (Lipinski definition) is 1. The Balaban J connectivity index is 1.97. The fourth-order valence-electron chi connectivity index (χ4n) is 2.13. The highest BCUT2D eigenvalue weighted by Gasteiger charge is 2.16. The second-order valence-electron chi connectivity index (χ2n) is 4.24. The molecule has 0 saturated carbocycles. The summed E-state index contributed by atoms with van der Waals surface area (Å²) in [6.45, 7) is 0.586. The van der Waals surface area contributed by atoms with Crippen LogP contribution < -0.4 is 5.73 Å². The third-order valence-corrected chi connectivity index (χ3v) is 4.27. The summed E-state index contributed by atoms with van der Waals surface area (Å²) >= 11 is 2.08. The van der Waals surface area contributed by atoms with Gasteiger partial charge in [-0.25, -0.2) is 0 Å². The summed E-state index contributed by atoms with van der Waals surface area (Å²) < 4.78 is 1.91. The Bertz CT molecular complexity index is 316. The van der Waals surface area contributed by atoms with Crippen molar-refractivity contribution >= 4 is 11.8 Å². The molecule has 1 aromatic heterocycles. The van der Waals surface area contributed by atoms with Crippen molar-refractivity contribution < 1.29 is 0 Å². The molecule has 2 heterocycles. The van der Waals surface area contributed by atoms with Gasteiger partial charge >= 0.3 is 0 Å². The molecular weight excluding hydrogens is 206 g/mol. The van der Waals surface area contributed by atoms with E-state index >= 15 is 0 Å². The molecule has 0 radical (unpaired) electrons. The van der Waals surface area contributed by atoms with Crippen molar-refractivity contribution in [1.82, 2.24) is 9.78 Å². The van der Waals surface area contributed by atoms with Crippen molar-refractivity contribution in [2.75, 3.05) is 11.5 Å². The maximum absolute atomic E-state index is 5.63. The number of nitrogens with two attached hydrogens (primary N) is 1. The Morgan fingerprint density at radius 1 is 1.67 bits per heavy atom. The smallest absolute Gasteiger partial charge is 0.0631 e. The van der Waals surface area contributed by atoms with E-state index in [9.17, 15) is 0 Å². The molecule has 1 aliphatic rings. The largest absolute Gasteiger partial charge is 0.325 e. The maximum Gasteiger partial charge on any atom is 0.0631 e. The van der Waals surface area contributed by atoms with Gasteiger partial charge in [0.05, 0.1) is 11.4 Å². The summed E-state index contributed by atoms with van der Waals surface area (Å²) in [5.74, 6) is 3.46. The van der Waals surface area contributed by atoms with Crippen molar-refractivity contribution in [2.24, 2.45) is 18.7 Å². The van der Waals surface area contributed by atoms with E-state index in [4.69, 9.17) is 5.73 Å². The Morgan fingerprint density at radius 3 is 3.13 bits per heavy atom. The molecule has 1 fully saturated rings. The molecule has 3 nitrogen and oxygen atoms in total. The van der Waals surface area contributed by atoms with Crippen LogP contribution in [-0.4, -0.2) is 21.3 Å². The van der Waals surface area contributed by atoms with Crippen molar-refractivity contribution in [3.05, 3.63) is 17.5 Å². The highest BCUT2D eigenvalue weighted by Crippen LogP contribution is 2.25. The molecule has 15 heavy (non-hydrogen) atoms. The van der Waals surface area contributed by atoms with Crippen LogP contribution in [0.2, 0.25) is 0 Å². The van der Waals surface area contributed by atoms with Crippen LogP contribution >= 0.6 is 11.8 Å². The average Bonchev–Trinajstić information content (AvgIpc) is 2.60. The van der Waals surface area contributed by atoms with Gasteiger partial charge in [-0.1, -0.05) is 0 Å². The number of nitrogens with zero attached hydrogens (tertiary/aromatic N) is 2. The second kappa shape index (κ2) is 5.03. The Kier molecular flexibility index (Phi) is 3.70. The summed E-state index contributed by atoms with van der Waals surface area (Å²) in [6.07, 6.45) is 3.86.